The van der Waals surface area contributed by atoms with Crippen molar-refractivity contribution in [3.05, 3.63) is 36.2 Å². The van der Waals surface area contributed by atoms with E-state index in [-0.39, 0.29) is 0 Å². The van der Waals surface area contributed by atoms with E-state index in [0.29, 0.717) is 0 Å². The summed E-state index contributed by atoms with van der Waals surface area (Å²) in [5, 5.41) is 11.6. The highest BCUT2D eigenvalue weighted by atomic mass is 32.2. The van der Waals surface area contributed by atoms with E-state index in [0.717, 1.165) is 30.9 Å². The molecule has 0 aliphatic carbocycles. The van der Waals surface area contributed by atoms with Gasteiger partial charge in [-0.15, -0.1) is 16.9 Å². The van der Waals surface area contributed by atoms with Gasteiger partial charge >= 0.3 is 0 Å². The normalized spacial score (nSPS) is 10.8. The van der Waals surface area contributed by atoms with Crippen molar-refractivity contribution in [1.82, 2.24) is 20.3 Å². The molecule has 1 heterocycles. The molecule has 0 fully saturated rings. The maximum atomic E-state index is 4.16. The molecule has 0 bridgehead atoms. The van der Waals surface area contributed by atoms with Crippen LogP contribution in [0.2, 0.25) is 0 Å². The van der Waals surface area contributed by atoms with Gasteiger partial charge < -0.3 is 5.32 Å². The Bertz CT molecular complexity index is 495. The van der Waals surface area contributed by atoms with Gasteiger partial charge in [0.2, 0.25) is 0 Å². The largest absolute Gasteiger partial charge is 0.311 e. The van der Waals surface area contributed by atoms with Crippen LogP contribution in [0.1, 0.15) is 19.0 Å². The zero-order valence-corrected chi connectivity index (χ0v) is 11.6. The standard InChI is InChI=1S/C13H18N4S/c1-3-7-14-9-11-10-17(16-15-11)12-5-4-6-13(8-12)18-2/h4-6,8,10,14H,3,7,9H2,1-2H3. The maximum absolute atomic E-state index is 4.16. The van der Waals surface area contributed by atoms with Gasteiger partial charge in [-0.1, -0.05) is 18.2 Å². The minimum absolute atomic E-state index is 0.774. The first-order valence-corrected chi connectivity index (χ1v) is 7.32. The second kappa shape index (κ2) is 6.56. The van der Waals surface area contributed by atoms with Gasteiger partial charge in [0, 0.05) is 11.4 Å². The lowest BCUT2D eigenvalue weighted by atomic mass is 10.3. The Labute approximate surface area is 112 Å². The van der Waals surface area contributed by atoms with Crippen LogP contribution in [-0.4, -0.2) is 27.8 Å². The quantitative estimate of drug-likeness (QED) is 0.641. The van der Waals surface area contributed by atoms with Crippen LogP contribution in [0.3, 0.4) is 0 Å². The van der Waals surface area contributed by atoms with Crippen LogP contribution in [0.4, 0.5) is 0 Å². The molecule has 0 aliphatic rings. The minimum atomic E-state index is 0.774. The Kier molecular flexibility index (Phi) is 4.78. The fraction of sp³-hybridized carbons (Fsp3) is 0.385. The Morgan fingerprint density at radius 2 is 2.28 bits per heavy atom. The van der Waals surface area contributed by atoms with Crippen molar-refractivity contribution >= 4 is 11.8 Å². The van der Waals surface area contributed by atoms with Crippen LogP contribution in [0.15, 0.2) is 35.4 Å². The monoisotopic (exact) mass is 262 g/mol. The van der Waals surface area contributed by atoms with Gasteiger partial charge in [-0.25, -0.2) is 4.68 Å². The summed E-state index contributed by atoms with van der Waals surface area (Å²) >= 11 is 1.73. The van der Waals surface area contributed by atoms with Crippen LogP contribution < -0.4 is 5.32 Å². The van der Waals surface area contributed by atoms with E-state index < -0.39 is 0 Å². The Hall–Kier alpha value is -1.33. The van der Waals surface area contributed by atoms with Gasteiger partial charge in [0.1, 0.15) is 0 Å². The first-order chi connectivity index (χ1) is 8.83. The molecule has 0 unspecified atom stereocenters. The molecule has 1 aromatic carbocycles. The maximum Gasteiger partial charge on any atom is 0.0969 e. The van der Waals surface area contributed by atoms with E-state index in [1.165, 1.54) is 4.90 Å². The van der Waals surface area contributed by atoms with Crippen molar-refractivity contribution < 1.29 is 0 Å². The molecule has 18 heavy (non-hydrogen) atoms. The van der Waals surface area contributed by atoms with Gasteiger partial charge in [0.05, 0.1) is 17.6 Å². The van der Waals surface area contributed by atoms with Gasteiger partial charge in [-0.05, 0) is 37.4 Å². The molecule has 96 valence electrons. The Balaban J connectivity index is 2.08. The first-order valence-electron chi connectivity index (χ1n) is 6.10. The molecule has 2 rings (SSSR count). The lowest BCUT2D eigenvalue weighted by Gasteiger charge is -2.02. The van der Waals surface area contributed by atoms with Crippen molar-refractivity contribution in [2.24, 2.45) is 0 Å². The first kappa shape index (κ1) is 13.1. The summed E-state index contributed by atoms with van der Waals surface area (Å²) in [7, 11) is 0. The second-order valence-corrected chi connectivity index (χ2v) is 4.91. The van der Waals surface area contributed by atoms with Crippen molar-refractivity contribution in [3.8, 4) is 5.69 Å². The summed E-state index contributed by atoms with van der Waals surface area (Å²) in [6.07, 6.45) is 5.17. The number of hydrogen-bond acceptors (Lipinski definition) is 4. The topological polar surface area (TPSA) is 42.7 Å². The van der Waals surface area contributed by atoms with Crippen LogP contribution in [0, 0.1) is 0 Å². The highest BCUT2D eigenvalue weighted by molar-refractivity contribution is 7.98. The van der Waals surface area contributed by atoms with E-state index in [1.54, 1.807) is 11.8 Å². The van der Waals surface area contributed by atoms with Gasteiger partial charge in [0.15, 0.2) is 0 Å². The van der Waals surface area contributed by atoms with Gasteiger partial charge in [-0.3, -0.25) is 0 Å². The third-order valence-electron chi connectivity index (χ3n) is 2.59. The number of aromatic nitrogens is 3. The molecule has 2 aromatic rings. The highest BCUT2D eigenvalue weighted by Gasteiger charge is 2.03. The number of hydrogen-bond donors (Lipinski definition) is 1. The lowest BCUT2D eigenvalue weighted by molar-refractivity contribution is 0.662. The summed E-state index contributed by atoms with van der Waals surface area (Å²) < 4.78 is 1.82. The van der Waals surface area contributed by atoms with E-state index in [1.807, 2.05) is 23.0 Å². The summed E-state index contributed by atoms with van der Waals surface area (Å²) in [4.78, 5) is 1.23. The summed E-state index contributed by atoms with van der Waals surface area (Å²) in [6, 6.07) is 8.28. The third kappa shape index (κ3) is 3.34. The molecule has 0 aliphatic heterocycles. The molecule has 1 aromatic heterocycles. The predicted octanol–water partition coefficient (Wildman–Crippen LogP) is 2.49. The molecule has 0 radical (unpaired) electrons. The van der Waals surface area contributed by atoms with Crippen molar-refractivity contribution in [3.63, 3.8) is 0 Å². The zero-order valence-electron chi connectivity index (χ0n) is 10.8. The molecular formula is C13H18N4S. The Morgan fingerprint density at radius 1 is 1.39 bits per heavy atom. The van der Waals surface area contributed by atoms with Gasteiger partial charge in [-0.2, -0.15) is 0 Å². The van der Waals surface area contributed by atoms with Crippen molar-refractivity contribution in [2.45, 2.75) is 24.8 Å². The SMILES string of the molecule is CCCNCc1cn(-c2cccc(SC)c2)nn1. The number of nitrogens with zero attached hydrogens (tertiary/aromatic N) is 3. The zero-order chi connectivity index (χ0) is 12.8. The number of benzene rings is 1. The summed E-state index contributed by atoms with van der Waals surface area (Å²) in [6.45, 7) is 3.93. The fourth-order valence-corrected chi connectivity index (χ4v) is 2.11. The average molecular weight is 262 g/mol. The minimum Gasteiger partial charge on any atom is -0.311 e. The molecule has 0 spiro atoms. The molecule has 5 heteroatoms. The van der Waals surface area contributed by atoms with Crippen LogP contribution in [0.25, 0.3) is 5.69 Å². The lowest BCUT2D eigenvalue weighted by Crippen LogP contribution is -2.13. The van der Waals surface area contributed by atoms with Crippen molar-refractivity contribution in [1.29, 1.82) is 0 Å². The second-order valence-electron chi connectivity index (χ2n) is 4.03. The highest BCUT2D eigenvalue weighted by Crippen LogP contribution is 2.17. The third-order valence-corrected chi connectivity index (χ3v) is 3.32. The number of thioether (sulfide) groups is 1. The number of rotatable bonds is 6. The molecule has 0 amide bonds. The molecular weight excluding hydrogens is 244 g/mol. The fourth-order valence-electron chi connectivity index (χ4n) is 1.65. The number of nitrogens with one attached hydrogen (secondary N) is 1. The van der Waals surface area contributed by atoms with E-state index in [9.17, 15) is 0 Å². The van der Waals surface area contributed by atoms with Crippen molar-refractivity contribution in [2.75, 3.05) is 12.8 Å². The van der Waals surface area contributed by atoms with Crippen LogP contribution >= 0.6 is 11.8 Å². The molecule has 0 saturated heterocycles. The van der Waals surface area contributed by atoms with E-state index >= 15 is 0 Å². The molecule has 0 atom stereocenters. The van der Waals surface area contributed by atoms with E-state index in [2.05, 4.69) is 40.9 Å². The molecule has 1 N–H and O–H groups in total. The van der Waals surface area contributed by atoms with Gasteiger partial charge in [0.25, 0.3) is 0 Å². The van der Waals surface area contributed by atoms with Crippen LogP contribution in [-0.2, 0) is 6.54 Å². The Morgan fingerprint density at radius 3 is 3.06 bits per heavy atom. The van der Waals surface area contributed by atoms with Crippen LogP contribution in [0.5, 0.6) is 0 Å². The predicted molar refractivity (Wildman–Crippen MR) is 75.1 cm³/mol. The molecule has 4 nitrogen and oxygen atoms in total. The summed E-state index contributed by atoms with van der Waals surface area (Å²) in [5.41, 5.74) is 2.02. The smallest absolute Gasteiger partial charge is 0.0969 e. The van der Waals surface area contributed by atoms with E-state index in [4.69, 9.17) is 0 Å². The molecule has 0 saturated carbocycles. The summed E-state index contributed by atoms with van der Waals surface area (Å²) in [5.74, 6) is 0. The average Bonchev–Trinajstić information content (AvgIpc) is 2.88.